The number of fused-ring (bicyclic) bond motifs is 1. The smallest absolute Gasteiger partial charge is 0.332 e. The number of carbonyl (C=O) groups is 1. The zero-order valence-corrected chi connectivity index (χ0v) is 22.5. The second-order valence-corrected chi connectivity index (χ2v) is 8.84. The number of hydrogen-bond donors (Lipinski definition) is 0. The van der Waals surface area contributed by atoms with Gasteiger partial charge in [-0.05, 0) is 41.3 Å². The number of rotatable bonds is 7. The van der Waals surface area contributed by atoms with Crippen LogP contribution >= 0.6 is 15.9 Å². The lowest BCUT2D eigenvalue weighted by molar-refractivity contribution is -0.0937. The van der Waals surface area contributed by atoms with Crippen LogP contribution in [0.1, 0.15) is 88.7 Å². The van der Waals surface area contributed by atoms with E-state index in [4.69, 9.17) is 0 Å². The summed E-state index contributed by atoms with van der Waals surface area (Å²) in [5, 5.41) is 0.186. The molecule has 35 heavy (non-hydrogen) atoms. The lowest BCUT2D eigenvalue weighted by Gasteiger charge is -2.31. The molecular weight excluding hydrogens is 531 g/mol. The van der Waals surface area contributed by atoms with Crippen molar-refractivity contribution >= 4 is 32.7 Å². The highest BCUT2D eigenvalue weighted by atomic mass is 79.9. The Morgan fingerprint density at radius 2 is 1.74 bits per heavy atom. The maximum absolute atomic E-state index is 13.2. The number of unbranched alkanes of at least 4 members (excludes halogenated alkanes) is 4. The molecule has 2 aromatic heterocycles. The van der Waals surface area contributed by atoms with E-state index >= 15 is 0 Å². The summed E-state index contributed by atoms with van der Waals surface area (Å²) in [6, 6.07) is 1.49. The minimum Gasteiger partial charge on any atom is -0.332 e. The third-order valence-electron chi connectivity index (χ3n) is 5.46. The van der Waals surface area contributed by atoms with Gasteiger partial charge in [0.15, 0.2) is 0 Å². The molecule has 0 aromatic carbocycles. The molecule has 2 aromatic rings. The fourth-order valence-electron chi connectivity index (χ4n) is 3.86. The maximum atomic E-state index is 13.2. The molecule has 1 aliphatic carbocycles. The van der Waals surface area contributed by atoms with Gasteiger partial charge in [0.1, 0.15) is 5.65 Å². The van der Waals surface area contributed by atoms with Gasteiger partial charge in [0.05, 0.1) is 5.56 Å². The van der Waals surface area contributed by atoms with Crippen LogP contribution in [0.4, 0.5) is 22.0 Å². The first-order valence-electron chi connectivity index (χ1n) is 12.1. The molecule has 0 aliphatic heterocycles. The lowest BCUT2D eigenvalue weighted by Crippen LogP contribution is -2.34. The summed E-state index contributed by atoms with van der Waals surface area (Å²) >= 11 is 3.20. The number of ketones is 1. The van der Waals surface area contributed by atoms with E-state index in [2.05, 4.69) is 32.8 Å². The van der Waals surface area contributed by atoms with Crippen LogP contribution in [0.2, 0.25) is 0 Å². The van der Waals surface area contributed by atoms with Crippen LogP contribution in [0.25, 0.3) is 11.0 Å². The van der Waals surface area contributed by atoms with E-state index in [0.29, 0.717) is 35.1 Å². The fourth-order valence-corrected chi connectivity index (χ4v) is 4.19. The molecule has 3 nitrogen and oxygen atoms in total. The van der Waals surface area contributed by atoms with Crippen LogP contribution in [0.5, 0.6) is 0 Å². The molecule has 2 heterocycles. The Hall–Kier alpha value is -1.95. The third kappa shape index (κ3) is 8.59. The van der Waals surface area contributed by atoms with Gasteiger partial charge in [-0.2, -0.15) is 13.2 Å². The van der Waals surface area contributed by atoms with Crippen LogP contribution in [0.15, 0.2) is 16.7 Å². The average Bonchev–Trinajstić information content (AvgIpc) is 3.06. The van der Waals surface area contributed by atoms with Crippen molar-refractivity contribution in [3.05, 3.63) is 28.0 Å². The number of carbonyl (C=O) groups excluding carboxylic acids is 1. The maximum Gasteiger partial charge on any atom is 0.454 e. The number of nitrogens with zero attached hydrogens (tertiary/aromatic N) is 2. The molecule has 0 spiro atoms. The molecule has 0 unspecified atom stereocenters. The fraction of sp³-hybridized carbons (Fsp3) is 0.615. The number of alkyl halides is 5. The van der Waals surface area contributed by atoms with Crippen molar-refractivity contribution in [3.63, 3.8) is 0 Å². The molecule has 0 saturated heterocycles. The largest absolute Gasteiger partial charge is 0.454 e. The number of pyridine rings is 1. The summed E-state index contributed by atoms with van der Waals surface area (Å²) < 4.78 is 67.1. The first-order chi connectivity index (χ1) is 16.5. The average molecular weight is 565 g/mol. The van der Waals surface area contributed by atoms with Crippen LogP contribution in [-0.2, 0) is 13.5 Å². The standard InChI is InChI=1S/C22H22BrF5N2O.2C2H6/c1-30-17(9-7-5-3-2-4-6-8-14-11-21(24,25)12-14)18(19(31)22(26,27)28)16-10-15(23)13-29-20(16)30;2*1-2/h10,13-14H,2-5,7,9,11-12H2,1H3;2*1-2H3. The summed E-state index contributed by atoms with van der Waals surface area (Å²) in [7, 11) is 1.62. The van der Waals surface area contributed by atoms with Crippen LogP contribution in [0.3, 0.4) is 0 Å². The van der Waals surface area contributed by atoms with Gasteiger partial charge in [-0.1, -0.05) is 46.5 Å². The van der Waals surface area contributed by atoms with Crippen molar-refractivity contribution in [1.82, 2.24) is 9.55 Å². The Kier molecular flexibility index (Phi) is 12.4. The Balaban J connectivity index is 0.00000145. The molecule has 1 fully saturated rings. The SMILES string of the molecule is CC.CC.Cn1c(CCCCCCC#CC2CC(F)(F)C2)c(C(=O)C(F)(F)F)c2cc(Br)cnc21. The predicted octanol–water partition coefficient (Wildman–Crippen LogP) is 8.67. The van der Waals surface area contributed by atoms with Gasteiger partial charge in [0, 0.05) is 54.0 Å². The van der Waals surface area contributed by atoms with E-state index in [9.17, 15) is 26.7 Å². The Bertz CT molecular complexity index is 1030. The summed E-state index contributed by atoms with van der Waals surface area (Å²) in [5.41, 5.74) is 0.332. The van der Waals surface area contributed by atoms with Crippen molar-refractivity contribution < 1.29 is 26.7 Å². The van der Waals surface area contributed by atoms with Crippen LogP contribution in [-0.4, -0.2) is 27.4 Å². The molecular formula is C26H34BrF5N2O. The van der Waals surface area contributed by atoms with E-state index in [-0.39, 0.29) is 29.7 Å². The van der Waals surface area contributed by atoms with E-state index in [1.807, 2.05) is 27.7 Å². The number of Topliss-reactive ketones (excluding diaryl/α,β-unsaturated/α-hetero) is 1. The highest BCUT2D eigenvalue weighted by Gasteiger charge is 2.44. The second kappa shape index (κ2) is 14.0. The topological polar surface area (TPSA) is 34.9 Å². The molecule has 0 amide bonds. The minimum atomic E-state index is -4.96. The molecule has 1 saturated carbocycles. The van der Waals surface area contributed by atoms with Gasteiger partial charge in [-0.25, -0.2) is 13.8 Å². The Labute approximate surface area is 213 Å². The van der Waals surface area contributed by atoms with Gasteiger partial charge in [-0.15, -0.1) is 5.92 Å². The zero-order valence-electron chi connectivity index (χ0n) is 21.0. The summed E-state index contributed by atoms with van der Waals surface area (Å²) in [6.07, 6.45) is 0.155. The first kappa shape index (κ1) is 31.1. The van der Waals surface area contributed by atoms with Gasteiger partial charge >= 0.3 is 6.18 Å². The molecule has 0 bridgehead atoms. The number of halogens is 6. The normalized spacial score (nSPS) is 14.6. The third-order valence-corrected chi connectivity index (χ3v) is 5.89. The highest BCUT2D eigenvalue weighted by molar-refractivity contribution is 9.10. The molecule has 9 heteroatoms. The van der Waals surface area contributed by atoms with Crippen molar-refractivity contribution in [1.29, 1.82) is 0 Å². The van der Waals surface area contributed by atoms with Crippen molar-refractivity contribution in [2.45, 2.75) is 91.2 Å². The van der Waals surface area contributed by atoms with Crippen molar-refractivity contribution in [3.8, 4) is 11.8 Å². The Morgan fingerprint density at radius 1 is 1.14 bits per heavy atom. The van der Waals surface area contributed by atoms with Crippen LogP contribution < -0.4 is 0 Å². The molecule has 0 N–H and O–H groups in total. The predicted molar refractivity (Wildman–Crippen MR) is 134 cm³/mol. The summed E-state index contributed by atoms with van der Waals surface area (Å²) in [4.78, 5) is 16.3. The van der Waals surface area contributed by atoms with Gasteiger partial charge < -0.3 is 4.57 Å². The minimum absolute atomic E-state index is 0.157. The van der Waals surface area contributed by atoms with Gasteiger partial charge in [-0.3, -0.25) is 4.79 Å². The zero-order chi connectivity index (χ0) is 26.8. The van der Waals surface area contributed by atoms with E-state index in [1.165, 1.54) is 12.3 Å². The number of aryl methyl sites for hydroxylation is 1. The summed E-state index contributed by atoms with van der Waals surface area (Å²) in [6.45, 7) is 8.00. The molecule has 1 aliphatic rings. The molecule has 196 valence electrons. The van der Waals surface area contributed by atoms with Gasteiger partial charge in [0.2, 0.25) is 0 Å². The molecule has 0 radical (unpaired) electrons. The Morgan fingerprint density at radius 3 is 2.31 bits per heavy atom. The highest BCUT2D eigenvalue weighted by Crippen LogP contribution is 2.41. The van der Waals surface area contributed by atoms with E-state index in [0.717, 1.165) is 19.3 Å². The van der Waals surface area contributed by atoms with E-state index < -0.39 is 17.9 Å². The van der Waals surface area contributed by atoms with Crippen molar-refractivity contribution in [2.75, 3.05) is 0 Å². The lowest BCUT2D eigenvalue weighted by atomic mass is 9.82. The van der Waals surface area contributed by atoms with Crippen molar-refractivity contribution in [2.24, 2.45) is 13.0 Å². The monoisotopic (exact) mass is 564 g/mol. The molecule has 0 atom stereocenters. The van der Waals surface area contributed by atoms with Gasteiger partial charge in [0.25, 0.3) is 11.7 Å². The quantitative estimate of drug-likeness (QED) is 0.146. The number of aromatic nitrogens is 2. The summed E-state index contributed by atoms with van der Waals surface area (Å²) in [5.74, 6) is 1.18. The van der Waals surface area contributed by atoms with E-state index in [1.54, 1.807) is 11.6 Å². The molecule has 3 rings (SSSR count). The second-order valence-electron chi connectivity index (χ2n) is 7.93. The van der Waals surface area contributed by atoms with Crippen LogP contribution in [0, 0.1) is 17.8 Å². The number of hydrogen-bond acceptors (Lipinski definition) is 2. The first-order valence-corrected chi connectivity index (χ1v) is 12.9.